The third kappa shape index (κ3) is 2.84. The van der Waals surface area contributed by atoms with E-state index in [4.69, 9.17) is 9.47 Å². The highest BCUT2D eigenvalue weighted by Crippen LogP contribution is 2.34. The van der Waals surface area contributed by atoms with E-state index in [0.717, 1.165) is 32.4 Å². The lowest BCUT2D eigenvalue weighted by atomic mass is 9.84. The zero-order valence-electron chi connectivity index (χ0n) is 12.3. The maximum atomic E-state index is 14.1. The highest BCUT2D eigenvalue weighted by atomic mass is 19.1. The first-order valence-electron chi connectivity index (χ1n) is 7.58. The van der Waals surface area contributed by atoms with Crippen LogP contribution in [0.3, 0.4) is 0 Å². The SMILES string of the molecule is CCC1(COc2c(F)cc(N3CCCC3)cc2F)COC1. The average Bonchev–Trinajstić information content (AvgIpc) is 2.94. The number of hydrogen-bond acceptors (Lipinski definition) is 3. The minimum Gasteiger partial charge on any atom is -0.487 e. The van der Waals surface area contributed by atoms with E-state index in [1.807, 2.05) is 11.8 Å². The van der Waals surface area contributed by atoms with Gasteiger partial charge in [0.1, 0.15) is 0 Å². The third-order valence-electron chi connectivity index (χ3n) is 4.54. The first-order valence-corrected chi connectivity index (χ1v) is 7.58. The van der Waals surface area contributed by atoms with Gasteiger partial charge in [0.05, 0.1) is 25.2 Å². The van der Waals surface area contributed by atoms with E-state index in [-0.39, 0.29) is 11.2 Å². The van der Waals surface area contributed by atoms with E-state index in [9.17, 15) is 8.78 Å². The smallest absolute Gasteiger partial charge is 0.190 e. The van der Waals surface area contributed by atoms with Crippen LogP contribution in [0.4, 0.5) is 14.5 Å². The molecule has 3 nitrogen and oxygen atoms in total. The van der Waals surface area contributed by atoms with Gasteiger partial charge in [0.15, 0.2) is 17.4 Å². The van der Waals surface area contributed by atoms with Gasteiger partial charge in [0, 0.05) is 30.9 Å². The predicted molar refractivity (Wildman–Crippen MR) is 76.8 cm³/mol. The van der Waals surface area contributed by atoms with Crippen LogP contribution in [-0.2, 0) is 4.74 Å². The van der Waals surface area contributed by atoms with Crippen LogP contribution in [0.15, 0.2) is 12.1 Å². The van der Waals surface area contributed by atoms with Crippen molar-refractivity contribution in [3.8, 4) is 5.75 Å². The number of anilines is 1. The number of nitrogens with zero attached hydrogens (tertiary/aromatic N) is 1. The van der Waals surface area contributed by atoms with Crippen LogP contribution >= 0.6 is 0 Å². The molecule has 5 heteroatoms. The average molecular weight is 297 g/mol. The predicted octanol–water partition coefficient (Wildman–Crippen LogP) is 3.37. The largest absolute Gasteiger partial charge is 0.487 e. The van der Waals surface area contributed by atoms with Crippen LogP contribution < -0.4 is 9.64 Å². The molecule has 2 heterocycles. The normalized spacial score (nSPS) is 20.4. The summed E-state index contributed by atoms with van der Waals surface area (Å²) in [6.07, 6.45) is 3.02. The molecule has 2 aliphatic heterocycles. The van der Waals surface area contributed by atoms with E-state index in [1.165, 1.54) is 12.1 Å². The number of hydrogen-bond donors (Lipinski definition) is 0. The standard InChI is InChI=1S/C16H21F2NO2/c1-2-16(9-20-10-16)11-21-15-13(17)7-12(8-14(15)18)19-5-3-4-6-19/h7-8H,2-6,9-11H2,1H3. The number of halogens is 2. The Morgan fingerprint density at radius 1 is 1.19 bits per heavy atom. The van der Waals surface area contributed by atoms with Crippen molar-refractivity contribution in [2.75, 3.05) is 37.8 Å². The van der Waals surface area contributed by atoms with Crippen LogP contribution in [0, 0.1) is 17.0 Å². The van der Waals surface area contributed by atoms with E-state index in [0.29, 0.717) is 25.5 Å². The second-order valence-electron chi connectivity index (χ2n) is 6.07. The van der Waals surface area contributed by atoms with Gasteiger partial charge < -0.3 is 14.4 Å². The summed E-state index contributed by atoms with van der Waals surface area (Å²) >= 11 is 0. The quantitative estimate of drug-likeness (QED) is 0.831. The lowest BCUT2D eigenvalue weighted by Gasteiger charge is -2.40. The molecule has 0 saturated carbocycles. The van der Waals surface area contributed by atoms with Crippen molar-refractivity contribution in [1.82, 2.24) is 0 Å². The maximum absolute atomic E-state index is 14.1. The first kappa shape index (κ1) is 14.6. The molecule has 0 unspecified atom stereocenters. The highest BCUT2D eigenvalue weighted by molar-refractivity contribution is 5.51. The van der Waals surface area contributed by atoms with Gasteiger partial charge in [-0.1, -0.05) is 6.92 Å². The van der Waals surface area contributed by atoms with Gasteiger partial charge in [-0.3, -0.25) is 0 Å². The van der Waals surface area contributed by atoms with E-state index < -0.39 is 11.6 Å². The topological polar surface area (TPSA) is 21.7 Å². The van der Waals surface area contributed by atoms with E-state index in [1.54, 1.807) is 0 Å². The highest BCUT2D eigenvalue weighted by Gasteiger charge is 2.38. The minimum absolute atomic E-state index is 0.0908. The second-order valence-corrected chi connectivity index (χ2v) is 6.07. The summed E-state index contributed by atoms with van der Waals surface area (Å²) in [5.41, 5.74) is 0.513. The summed E-state index contributed by atoms with van der Waals surface area (Å²) in [6, 6.07) is 2.75. The van der Waals surface area contributed by atoms with Crippen molar-refractivity contribution in [1.29, 1.82) is 0 Å². The maximum Gasteiger partial charge on any atom is 0.190 e. The Bertz CT molecular complexity index is 482. The summed E-state index contributed by atoms with van der Waals surface area (Å²) in [4.78, 5) is 2.00. The minimum atomic E-state index is -0.622. The van der Waals surface area contributed by atoms with Crippen molar-refractivity contribution in [2.45, 2.75) is 26.2 Å². The molecule has 1 aromatic rings. The van der Waals surface area contributed by atoms with Gasteiger partial charge in [-0.2, -0.15) is 0 Å². The number of rotatable bonds is 5. The fourth-order valence-corrected chi connectivity index (χ4v) is 2.85. The Morgan fingerprint density at radius 3 is 2.29 bits per heavy atom. The number of ether oxygens (including phenoxy) is 2. The zero-order valence-corrected chi connectivity index (χ0v) is 12.3. The molecule has 0 N–H and O–H groups in total. The van der Waals surface area contributed by atoms with Crippen LogP contribution in [0.5, 0.6) is 5.75 Å². The molecular weight excluding hydrogens is 276 g/mol. The van der Waals surface area contributed by atoms with Crippen molar-refractivity contribution < 1.29 is 18.3 Å². The molecule has 0 aromatic heterocycles. The Kier molecular flexibility index (Phi) is 4.02. The summed E-state index contributed by atoms with van der Waals surface area (Å²) in [7, 11) is 0. The molecule has 2 saturated heterocycles. The van der Waals surface area contributed by atoms with Gasteiger partial charge in [0.25, 0.3) is 0 Å². The van der Waals surface area contributed by atoms with Crippen LogP contribution in [0.1, 0.15) is 26.2 Å². The Hall–Kier alpha value is -1.36. The molecular formula is C16H21F2NO2. The summed E-state index contributed by atoms with van der Waals surface area (Å²) in [5.74, 6) is -1.51. The molecule has 0 aliphatic carbocycles. The lowest BCUT2D eigenvalue weighted by molar-refractivity contribution is -0.134. The lowest BCUT2D eigenvalue weighted by Crippen LogP contribution is -2.46. The molecule has 1 aromatic carbocycles. The van der Waals surface area contributed by atoms with E-state index >= 15 is 0 Å². The fraction of sp³-hybridized carbons (Fsp3) is 0.625. The zero-order chi connectivity index (χ0) is 14.9. The number of benzene rings is 1. The molecule has 116 valence electrons. The van der Waals surface area contributed by atoms with Gasteiger partial charge in [-0.05, 0) is 19.3 Å². The van der Waals surface area contributed by atoms with Crippen LogP contribution in [0.25, 0.3) is 0 Å². The third-order valence-corrected chi connectivity index (χ3v) is 4.54. The van der Waals surface area contributed by atoms with E-state index in [2.05, 4.69) is 0 Å². The van der Waals surface area contributed by atoms with Crippen molar-refractivity contribution in [3.63, 3.8) is 0 Å². The fourth-order valence-electron chi connectivity index (χ4n) is 2.85. The van der Waals surface area contributed by atoms with Gasteiger partial charge in [-0.25, -0.2) is 8.78 Å². The molecule has 0 amide bonds. The Balaban J connectivity index is 1.73. The van der Waals surface area contributed by atoms with Gasteiger partial charge >= 0.3 is 0 Å². The Morgan fingerprint density at radius 2 is 1.81 bits per heavy atom. The van der Waals surface area contributed by atoms with Crippen LogP contribution in [-0.4, -0.2) is 32.9 Å². The van der Waals surface area contributed by atoms with Crippen molar-refractivity contribution >= 4 is 5.69 Å². The van der Waals surface area contributed by atoms with Gasteiger partial charge in [-0.15, -0.1) is 0 Å². The molecule has 3 rings (SSSR count). The van der Waals surface area contributed by atoms with Crippen molar-refractivity contribution in [3.05, 3.63) is 23.8 Å². The molecule has 2 fully saturated rings. The van der Waals surface area contributed by atoms with Crippen LogP contribution in [0.2, 0.25) is 0 Å². The molecule has 0 bridgehead atoms. The molecule has 0 spiro atoms. The van der Waals surface area contributed by atoms with Crippen molar-refractivity contribution in [2.24, 2.45) is 5.41 Å². The molecule has 0 radical (unpaired) electrons. The molecule has 0 atom stereocenters. The monoisotopic (exact) mass is 297 g/mol. The van der Waals surface area contributed by atoms with Gasteiger partial charge in [0.2, 0.25) is 0 Å². The summed E-state index contributed by atoms with van der Waals surface area (Å²) in [5, 5.41) is 0. The molecule has 21 heavy (non-hydrogen) atoms. The summed E-state index contributed by atoms with van der Waals surface area (Å²) < 4.78 is 38.9. The first-order chi connectivity index (χ1) is 10.1. The Labute approximate surface area is 123 Å². The second kappa shape index (κ2) is 5.79. The summed E-state index contributed by atoms with van der Waals surface area (Å²) in [6.45, 7) is 5.23. The molecule has 2 aliphatic rings.